The van der Waals surface area contributed by atoms with E-state index in [4.69, 9.17) is 16.3 Å². The molecule has 0 fully saturated rings. The number of carbonyl (C=O) groups excluding carboxylic acids is 1. The van der Waals surface area contributed by atoms with Gasteiger partial charge >= 0.3 is 11.9 Å². The normalized spacial score (nSPS) is 13.8. The Balaban J connectivity index is 2.35. The molecule has 0 amide bonds. The second-order valence-electron chi connectivity index (χ2n) is 5.03. The number of ketones is 1. The average molecular weight is 361 g/mol. The summed E-state index contributed by atoms with van der Waals surface area (Å²) in [4.78, 5) is 36.1. The van der Waals surface area contributed by atoms with Crippen molar-refractivity contribution in [2.45, 2.75) is 6.18 Å². The molecule has 6 nitrogen and oxygen atoms in total. The van der Waals surface area contributed by atoms with Crippen molar-refractivity contribution in [3.8, 4) is 11.4 Å². The summed E-state index contributed by atoms with van der Waals surface area (Å²) in [7, 11) is 0.892. The molecule has 2 heterocycles. The van der Waals surface area contributed by atoms with E-state index in [-0.39, 0.29) is 28.6 Å². The Morgan fingerprint density at radius 1 is 1.21 bits per heavy atom. The van der Waals surface area contributed by atoms with Gasteiger partial charge < -0.3 is 4.74 Å². The quantitative estimate of drug-likeness (QED) is 0.777. The number of alkyl halides is 3. The molecule has 0 spiro atoms. The van der Waals surface area contributed by atoms with Crippen LogP contribution < -0.4 is 16.0 Å². The summed E-state index contributed by atoms with van der Waals surface area (Å²) in [5, 5.41) is 0.0630. The van der Waals surface area contributed by atoms with Gasteiger partial charge in [-0.15, -0.1) is 0 Å². The third kappa shape index (κ3) is 2.32. The Kier molecular flexibility index (Phi) is 3.56. The molecule has 0 aliphatic carbocycles. The molecule has 0 bridgehead atoms. The number of halogens is 4. The molecule has 1 aromatic carbocycles. The van der Waals surface area contributed by atoms with E-state index in [0.717, 1.165) is 7.05 Å². The topological polar surface area (TPSA) is 70.3 Å². The maximum Gasteiger partial charge on any atom is 0.431 e. The number of ether oxygens (including phenoxy) is 1. The minimum Gasteiger partial charge on any atom is -0.482 e. The first-order chi connectivity index (χ1) is 11.1. The molecule has 1 aromatic heterocycles. The zero-order valence-corrected chi connectivity index (χ0v) is 12.7. The number of fused-ring (bicyclic) bond motifs is 1. The number of carbonyl (C=O) groups is 1. The Hall–Kier alpha value is -2.55. The molecule has 10 heteroatoms. The number of hydrogen-bond acceptors (Lipinski definition) is 4. The highest BCUT2D eigenvalue weighted by atomic mass is 35.5. The molecular weight excluding hydrogens is 353 g/mol. The van der Waals surface area contributed by atoms with Gasteiger partial charge in [0.05, 0.1) is 16.3 Å². The van der Waals surface area contributed by atoms with Crippen LogP contribution in [-0.4, -0.2) is 21.5 Å². The molecule has 0 radical (unpaired) electrons. The van der Waals surface area contributed by atoms with Gasteiger partial charge in [-0.1, -0.05) is 11.6 Å². The Morgan fingerprint density at radius 3 is 2.50 bits per heavy atom. The first-order valence-electron chi connectivity index (χ1n) is 6.52. The van der Waals surface area contributed by atoms with Crippen molar-refractivity contribution in [3.05, 3.63) is 55.3 Å². The second kappa shape index (κ2) is 5.23. The van der Waals surface area contributed by atoms with Gasteiger partial charge in [-0.3, -0.25) is 14.2 Å². The van der Waals surface area contributed by atoms with Crippen LogP contribution in [0.5, 0.6) is 5.75 Å². The highest BCUT2D eigenvalue weighted by Crippen LogP contribution is 2.36. The van der Waals surface area contributed by atoms with Crippen molar-refractivity contribution in [2.24, 2.45) is 7.05 Å². The third-order valence-electron chi connectivity index (χ3n) is 3.56. The summed E-state index contributed by atoms with van der Waals surface area (Å²) in [5.74, 6) is -0.555. The van der Waals surface area contributed by atoms with Crippen LogP contribution in [0.4, 0.5) is 13.2 Å². The van der Waals surface area contributed by atoms with Crippen molar-refractivity contribution in [1.29, 1.82) is 0 Å². The van der Waals surface area contributed by atoms with Crippen molar-refractivity contribution < 1.29 is 22.7 Å². The van der Waals surface area contributed by atoms with Crippen LogP contribution in [0, 0.1) is 0 Å². The SMILES string of the molecule is Cn1c(C(F)(F)F)cc(=O)n(-c2ccc(Cl)c3c2OCC3=O)c1=O. The molecule has 1 aliphatic heterocycles. The third-order valence-corrected chi connectivity index (χ3v) is 3.88. The smallest absolute Gasteiger partial charge is 0.431 e. The molecular formula is C14H8ClF3N2O4. The lowest BCUT2D eigenvalue weighted by Crippen LogP contribution is -2.40. The molecule has 0 unspecified atom stereocenters. The monoisotopic (exact) mass is 360 g/mol. The van der Waals surface area contributed by atoms with Gasteiger partial charge in [0.2, 0.25) is 5.78 Å². The number of rotatable bonds is 1. The summed E-state index contributed by atoms with van der Waals surface area (Å²) in [6.07, 6.45) is -4.86. The fourth-order valence-corrected chi connectivity index (χ4v) is 2.71. The van der Waals surface area contributed by atoms with E-state index in [1.54, 1.807) is 0 Å². The minimum absolute atomic E-state index is 0.0111. The summed E-state index contributed by atoms with van der Waals surface area (Å²) >= 11 is 5.90. The van der Waals surface area contributed by atoms with Gasteiger partial charge in [-0.05, 0) is 12.1 Å². The van der Waals surface area contributed by atoms with Crippen LogP contribution in [0.2, 0.25) is 5.02 Å². The molecule has 126 valence electrons. The lowest BCUT2D eigenvalue weighted by molar-refractivity contribution is -0.144. The minimum atomic E-state index is -4.86. The van der Waals surface area contributed by atoms with Crippen LogP contribution in [-0.2, 0) is 13.2 Å². The van der Waals surface area contributed by atoms with E-state index in [0.29, 0.717) is 15.2 Å². The first kappa shape index (κ1) is 16.3. The maximum atomic E-state index is 12.9. The molecule has 1 aliphatic rings. The van der Waals surface area contributed by atoms with Crippen molar-refractivity contribution >= 4 is 17.4 Å². The van der Waals surface area contributed by atoms with Crippen molar-refractivity contribution in [1.82, 2.24) is 9.13 Å². The molecule has 0 saturated heterocycles. The number of benzene rings is 1. The van der Waals surface area contributed by atoms with E-state index in [2.05, 4.69) is 0 Å². The standard InChI is InChI=1S/C14H8ClF3N2O4/c1-19-9(14(16,17)18)4-10(22)20(13(19)23)7-3-2-6(15)11-8(21)5-24-12(7)11/h2-4H,5H2,1H3. The molecule has 0 N–H and O–H groups in total. The molecule has 0 saturated carbocycles. The van der Waals surface area contributed by atoms with Crippen LogP contribution in [0.25, 0.3) is 5.69 Å². The number of aromatic nitrogens is 2. The van der Waals surface area contributed by atoms with Crippen LogP contribution in [0.3, 0.4) is 0 Å². The Morgan fingerprint density at radius 2 is 1.88 bits per heavy atom. The van der Waals surface area contributed by atoms with Gasteiger partial charge in [0.15, 0.2) is 12.4 Å². The average Bonchev–Trinajstić information content (AvgIpc) is 2.87. The predicted octanol–water partition coefficient (Wildman–Crippen LogP) is 1.78. The Labute approximate surface area is 136 Å². The zero-order valence-electron chi connectivity index (χ0n) is 12.0. The van der Waals surface area contributed by atoms with Gasteiger partial charge in [0.1, 0.15) is 5.69 Å². The summed E-state index contributed by atoms with van der Waals surface area (Å²) in [5.41, 5.74) is -3.95. The molecule has 0 atom stereocenters. The zero-order chi connectivity index (χ0) is 17.8. The number of Topliss-reactive ketones (excluding diaryl/α,β-unsaturated/α-hetero) is 1. The summed E-state index contributed by atoms with van der Waals surface area (Å²) < 4.78 is 44.6. The molecule has 3 rings (SSSR count). The van der Waals surface area contributed by atoms with E-state index >= 15 is 0 Å². The maximum absolute atomic E-state index is 12.9. The first-order valence-corrected chi connectivity index (χ1v) is 6.90. The lowest BCUT2D eigenvalue weighted by Gasteiger charge is -2.15. The van der Waals surface area contributed by atoms with Gasteiger partial charge in [-0.25, -0.2) is 9.36 Å². The summed E-state index contributed by atoms with van der Waals surface area (Å²) in [6, 6.07) is 2.81. The predicted molar refractivity (Wildman–Crippen MR) is 77.1 cm³/mol. The fourth-order valence-electron chi connectivity index (χ4n) is 2.46. The van der Waals surface area contributed by atoms with E-state index < -0.39 is 28.9 Å². The summed E-state index contributed by atoms with van der Waals surface area (Å²) in [6.45, 7) is -0.332. The van der Waals surface area contributed by atoms with Gasteiger partial charge in [0, 0.05) is 13.1 Å². The van der Waals surface area contributed by atoms with E-state index in [1.807, 2.05) is 0 Å². The van der Waals surface area contributed by atoms with E-state index in [1.165, 1.54) is 12.1 Å². The van der Waals surface area contributed by atoms with Crippen LogP contribution in [0.1, 0.15) is 16.1 Å². The Bertz CT molecular complexity index is 991. The van der Waals surface area contributed by atoms with Crippen LogP contribution >= 0.6 is 11.6 Å². The molecule has 24 heavy (non-hydrogen) atoms. The molecule has 2 aromatic rings. The number of hydrogen-bond donors (Lipinski definition) is 0. The van der Waals surface area contributed by atoms with Gasteiger partial charge in [-0.2, -0.15) is 13.2 Å². The second-order valence-corrected chi connectivity index (χ2v) is 5.43. The fraction of sp³-hybridized carbons (Fsp3) is 0.214. The number of nitrogens with zero attached hydrogens (tertiary/aromatic N) is 2. The highest BCUT2D eigenvalue weighted by Gasteiger charge is 2.36. The highest BCUT2D eigenvalue weighted by molar-refractivity contribution is 6.35. The van der Waals surface area contributed by atoms with Crippen LogP contribution in [0.15, 0.2) is 27.8 Å². The van der Waals surface area contributed by atoms with Crippen molar-refractivity contribution in [2.75, 3.05) is 6.61 Å². The van der Waals surface area contributed by atoms with Crippen molar-refractivity contribution in [3.63, 3.8) is 0 Å². The van der Waals surface area contributed by atoms with Gasteiger partial charge in [0.25, 0.3) is 5.56 Å². The lowest BCUT2D eigenvalue weighted by atomic mass is 10.1. The largest absolute Gasteiger partial charge is 0.482 e. The van der Waals surface area contributed by atoms with E-state index in [9.17, 15) is 27.6 Å².